The van der Waals surface area contributed by atoms with Gasteiger partial charge in [-0.05, 0) is 49.7 Å². The van der Waals surface area contributed by atoms with Gasteiger partial charge in [-0.15, -0.1) is 11.3 Å². The second-order valence-electron chi connectivity index (χ2n) is 6.02. The third-order valence-corrected chi connectivity index (χ3v) is 5.08. The summed E-state index contributed by atoms with van der Waals surface area (Å²) >= 11 is 7.47. The molecule has 6 heteroatoms. The Hall–Kier alpha value is -2.37. The average Bonchev–Trinajstić information content (AvgIpc) is 3.05. The monoisotopic (exact) mass is 386 g/mol. The lowest BCUT2D eigenvalue weighted by Gasteiger charge is -2.06. The Morgan fingerprint density at radius 2 is 1.96 bits per heavy atom. The molecule has 0 aliphatic rings. The molecule has 0 radical (unpaired) electrons. The molecule has 0 aliphatic heterocycles. The molecule has 0 saturated heterocycles. The second kappa shape index (κ2) is 8.34. The molecule has 1 aromatic heterocycles. The number of halogens is 1. The van der Waals surface area contributed by atoms with Gasteiger partial charge in [-0.2, -0.15) is 0 Å². The van der Waals surface area contributed by atoms with Crippen LogP contribution in [0.3, 0.4) is 0 Å². The van der Waals surface area contributed by atoms with Gasteiger partial charge in [0.15, 0.2) is 0 Å². The molecule has 26 heavy (non-hydrogen) atoms. The number of nitrogens with one attached hydrogen (secondary N) is 1. The Balaban J connectivity index is 1.53. The molecule has 0 unspecified atom stereocenters. The number of hydrogen-bond donors (Lipinski definition) is 1. The fourth-order valence-electron chi connectivity index (χ4n) is 2.34. The number of hydrogen-bond acceptors (Lipinski definition) is 4. The van der Waals surface area contributed by atoms with E-state index in [2.05, 4.69) is 10.3 Å². The van der Waals surface area contributed by atoms with E-state index in [4.69, 9.17) is 16.3 Å². The summed E-state index contributed by atoms with van der Waals surface area (Å²) in [6, 6.07) is 13.3. The zero-order valence-corrected chi connectivity index (χ0v) is 16.2. The van der Waals surface area contributed by atoms with Gasteiger partial charge in [0.1, 0.15) is 17.4 Å². The van der Waals surface area contributed by atoms with E-state index >= 15 is 0 Å². The number of aryl methyl sites for hydroxylation is 2. The molecule has 0 atom stereocenters. The number of carbonyl (C=O) groups excluding carboxylic acids is 1. The molecule has 0 spiro atoms. The van der Waals surface area contributed by atoms with Crippen molar-refractivity contribution < 1.29 is 9.53 Å². The molecule has 0 bridgehead atoms. The van der Waals surface area contributed by atoms with Crippen LogP contribution in [0.5, 0.6) is 5.75 Å². The highest BCUT2D eigenvalue weighted by Crippen LogP contribution is 2.22. The summed E-state index contributed by atoms with van der Waals surface area (Å²) in [5, 5.41) is 6.27. The number of amides is 1. The SMILES string of the molecule is Cc1ccc(NC(=O)Cc2nc(COc3ccc(Cl)c(C)c3)cs2)cc1. The van der Waals surface area contributed by atoms with Crippen LogP contribution in [0.15, 0.2) is 47.8 Å². The predicted molar refractivity (Wildman–Crippen MR) is 106 cm³/mol. The van der Waals surface area contributed by atoms with Gasteiger partial charge >= 0.3 is 0 Å². The first kappa shape index (κ1) is 18.4. The Morgan fingerprint density at radius 3 is 2.69 bits per heavy atom. The highest BCUT2D eigenvalue weighted by molar-refractivity contribution is 7.09. The molecule has 2 aromatic carbocycles. The van der Waals surface area contributed by atoms with Gasteiger partial charge < -0.3 is 10.1 Å². The molecule has 3 aromatic rings. The molecule has 0 saturated carbocycles. The van der Waals surface area contributed by atoms with Crippen LogP contribution in [0.4, 0.5) is 5.69 Å². The minimum atomic E-state index is -0.0796. The van der Waals surface area contributed by atoms with Crippen molar-refractivity contribution in [3.63, 3.8) is 0 Å². The van der Waals surface area contributed by atoms with Crippen molar-refractivity contribution in [2.45, 2.75) is 26.9 Å². The number of ether oxygens (including phenoxy) is 1. The fourth-order valence-corrected chi connectivity index (χ4v) is 3.23. The Kier molecular flexibility index (Phi) is 5.91. The summed E-state index contributed by atoms with van der Waals surface area (Å²) in [7, 11) is 0. The van der Waals surface area contributed by atoms with Gasteiger partial charge in [-0.25, -0.2) is 4.98 Å². The standard InChI is InChI=1S/C20H19ClN2O2S/c1-13-3-5-15(6-4-13)22-19(24)10-20-23-16(12-26-20)11-25-17-7-8-18(21)14(2)9-17/h3-9,12H,10-11H2,1-2H3,(H,22,24). The number of nitrogens with zero attached hydrogens (tertiary/aromatic N) is 1. The van der Waals surface area contributed by atoms with Crippen molar-refractivity contribution in [3.8, 4) is 5.75 Å². The summed E-state index contributed by atoms with van der Waals surface area (Å²) in [4.78, 5) is 16.6. The van der Waals surface area contributed by atoms with Gasteiger partial charge in [0.2, 0.25) is 5.91 Å². The highest BCUT2D eigenvalue weighted by atomic mass is 35.5. The topological polar surface area (TPSA) is 51.2 Å². The number of thiazole rings is 1. The highest BCUT2D eigenvalue weighted by Gasteiger charge is 2.09. The average molecular weight is 387 g/mol. The maximum Gasteiger partial charge on any atom is 0.231 e. The minimum absolute atomic E-state index is 0.0796. The van der Waals surface area contributed by atoms with Crippen LogP contribution >= 0.6 is 22.9 Å². The number of anilines is 1. The van der Waals surface area contributed by atoms with Gasteiger partial charge in [-0.1, -0.05) is 29.3 Å². The zero-order chi connectivity index (χ0) is 18.5. The summed E-state index contributed by atoms with van der Waals surface area (Å²) < 4.78 is 5.74. The van der Waals surface area contributed by atoms with Crippen LogP contribution in [0.2, 0.25) is 5.02 Å². The van der Waals surface area contributed by atoms with E-state index in [1.165, 1.54) is 11.3 Å². The smallest absolute Gasteiger partial charge is 0.231 e. The maximum absolute atomic E-state index is 12.1. The molecular weight excluding hydrogens is 368 g/mol. The number of aromatic nitrogens is 1. The number of carbonyl (C=O) groups is 1. The predicted octanol–water partition coefficient (Wildman–Crippen LogP) is 5.17. The van der Waals surface area contributed by atoms with E-state index < -0.39 is 0 Å². The third kappa shape index (κ3) is 5.07. The fraction of sp³-hybridized carbons (Fsp3) is 0.200. The van der Waals surface area contributed by atoms with Gasteiger partial charge in [0.25, 0.3) is 0 Å². The van der Waals surface area contributed by atoms with Crippen LogP contribution in [0.1, 0.15) is 21.8 Å². The van der Waals surface area contributed by atoms with Crippen molar-refractivity contribution in [3.05, 3.63) is 74.7 Å². The van der Waals surface area contributed by atoms with E-state index in [0.717, 1.165) is 33.3 Å². The van der Waals surface area contributed by atoms with Crippen molar-refractivity contribution in [1.29, 1.82) is 0 Å². The van der Waals surface area contributed by atoms with E-state index in [-0.39, 0.29) is 12.3 Å². The third-order valence-electron chi connectivity index (χ3n) is 3.76. The van der Waals surface area contributed by atoms with E-state index in [1.54, 1.807) is 0 Å². The molecule has 0 aliphatic carbocycles. The summed E-state index contributed by atoms with van der Waals surface area (Å²) in [6.45, 7) is 4.30. The molecule has 134 valence electrons. The zero-order valence-electron chi connectivity index (χ0n) is 14.6. The summed E-state index contributed by atoms with van der Waals surface area (Å²) in [5.74, 6) is 0.669. The molecule has 4 nitrogen and oxygen atoms in total. The lowest BCUT2D eigenvalue weighted by molar-refractivity contribution is -0.115. The molecule has 1 heterocycles. The van der Waals surface area contributed by atoms with Crippen LogP contribution < -0.4 is 10.1 Å². The second-order valence-corrected chi connectivity index (χ2v) is 7.37. The maximum atomic E-state index is 12.1. The van der Waals surface area contributed by atoms with Crippen molar-refractivity contribution in [2.75, 3.05) is 5.32 Å². The molecule has 1 amide bonds. The number of rotatable bonds is 6. The first-order valence-electron chi connectivity index (χ1n) is 8.18. The van der Waals surface area contributed by atoms with Crippen molar-refractivity contribution >= 4 is 34.5 Å². The van der Waals surface area contributed by atoms with Crippen LogP contribution in [-0.4, -0.2) is 10.9 Å². The minimum Gasteiger partial charge on any atom is -0.487 e. The van der Waals surface area contributed by atoms with Crippen molar-refractivity contribution in [1.82, 2.24) is 4.98 Å². The van der Waals surface area contributed by atoms with E-state index in [1.807, 2.05) is 61.7 Å². The Bertz CT molecular complexity index is 906. The molecular formula is C20H19ClN2O2S. The first-order chi connectivity index (χ1) is 12.5. The van der Waals surface area contributed by atoms with Crippen molar-refractivity contribution in [2.24, 2.45) is 0 Å². The Labute approximate surface area is 161 Å². The van der Waals surface area contributed by atoms with Crippen LogP contribution in [-0.2, 0) is 17.8 Å². The quantitative estimate of drug-likeness (QED) is 0.635. The van der Waals surface area contributed by atoms with E-state index in [9.17, 15) is 4.79 Å². The van der Waals surface area contributed by atoms with E-state index in [0.29, 0.717) is 11.6 Å². The largest absolute Gasteiger partial charge is 0.487 e. The summed E-state index contributed by atoms with van der Waals surface area (Å²) in [5.41, 5.74) is 3.72. The molecule has 3 rings (SSSR count). The lowest BCUT2D eigenvalue weighted by Crippen LogP contribution is -2.14. The molecule has 1 N–H and O–H groups in total. The summed E-state index contributed by atoms with van der Waals surface area (Å²) in [6.07, 6.45) is 0.249. The first-order valence-corrected chi connectivity index (χ1v) is 9.44. The van der Waals surface area contributed by atoms with Crippen LogP contribution in [0, 0.1) is 13.8 Å². The van der Waals surface area contributed by atoms with Gasteiger partial charge in [0, 0.05) is 16.1 Å². The number of benzene rings is 2. The molecule has 0 fully saturated rings. The normalized spacial score (nSPS) is 10.6. The van der Waals surface area contributed by atoms with Gasteiger partial charge in [0.05, 0.1) is 12.1 Å². The lowest BCUT2D eigenvalue weighted by atomic mass is 10.2. The Morgan fingerprint density at radius 1 is 1.19 bits per heavy atom. The van der Waals surface area contributed by atoms with Gasteiger partial charge in [-0.3, -0.25) is 4.79 Å². The van der Waals surface area contributed by atoms with Crippen LogP contribution in [0.25, 0.3) is 0 Å².